The molecule has 2 aromatic heterocycles. The number of carbonyl (C=O) groups excluding carboxylic acids is 2. The van der Waals surface area contributed by atoms with E-state index in [0.717, 1.165) is 0 Å². The van der Waals surface area contributed by atoms with Crippen molar-refractivity contribution >= 4 is 63.8 Å². The summed E-state index contributed by atoms with van der Waals surface area (Å²) in [6.45, 7) is -0.0641. The summed E-state index contributed by atoms with van der Waals surface area (Å²) < 4.78 is 5.42. The molecule has 0 bridgehead atoms. The molecule has 31 heavy (non-hydrogen) atoms. The third-order valence-corrected chi connectivity index (χ3v) is 5.33. The van der Waals surface area contributed by atoms with Crippen molar-refractivity contribution in [3.63, 3.8) is 0 Å². The van der Waals surface area contributed by atoms with Gasteiger partial charge >= 0.3 is 0 Å². The second-order valence-corrected chi connectivity index (χ2v) is 8.27. The molecule has 0 saturated heterocycles. The molecule has 0 unspecified atom stereocenters. The van der Waals surface area contributed by atoms with Crippen molar-refractivity contribution in [3.05, 3.63) is 52.6 Å². The van der Waals surface area contributed by atoms with Gasteiger partial charge in [0.2, 0.25) is 0 Å². The van der Waals surface area contributed by atoms with E-state index in [2.05, 4.69) is 10.1 Å². The van der Waals surface area contributed by atoms with Crippen molar-refractivity contribution in [2.45, 2.75) is 11.3 Å². The maximum atomic E-state index is 12.5. The molecule has 0 fully saturated rings. The number of hydrogen-bond donors (Lipinski definition) is 1. The van der Waals surface area contributed by atoms with Gasteiger partial charge in [-0.1, -0.05) is 57.6 Å². The van der Waals surface area contributed by atoms with E-state index in [4.69, 9.17) is 56.7 Å². The summed E-state index contributed by atoms with van der Waals surface area (Å²) in [5, 5.41) is 4.87. The molecule has 0 atom stereocenters. The Balaban J connectivity index is 1.94. The van der Waals surface area contributed by atoms with Crippen LogP contribution >= 0.6 is 46.4 Å². The standard InChI is InChI=1S/C20H16Cl4N4O3/c21-13-2-1-3-14(22)18(13)16-9-17(31-27-16)15-8-11(4-6-26-15)28(20(30)19(23)24)7-5-12(29)10-25/h1-4,6,8-9,19H,5,7,10,25H2. The summed E-state index contributed by atoms with van der Waals surface area (Å²) in [7, 11) is 0. The van der Waals surface area contributed by atoms with Gasteiger partial charge in [-0.2, -0.15) is 0 Å². The van der Waals surface area contributed by atoms with Gasteiger partial charge in [0.1, 0.15) is 17.2 Å². The van der Waals surface area contributed by atoms with Crippen LogP contribution in [0, 0.1) is 0 Å². The number of nitrogens with two attached hydrogens (primary N) is 1. The Morgan fingerprint density at radius 1 is 1.10 bits per heavy atom. The van der Waals surface area contributed by atoms with Gasteiger partial charge in [0, 0.05) is 36.5 Å². The zero-order valence-corrected chi connectivity index (χ0v) is 18.9. The number of Topliss-reactive ketones (excluding diaryl/α,β-unsaturated/α-hetero) is 1. The third kappa shape index (κ3) is 5.56. The zero-order valence-electron chi connectivity index (χ0n) is 15.9. The lowest BCUT2D eigenvalue weighted by atomic mass is 10.1. The highest BCUT2D eigenvalue weighted by Gasteiger charge is 2.24. The minimum atomic E-state index is -1.30. The fourth-order valence-corrected chi connectivity index (χ4v) is 3.63. The van der Waals surface area contributed by atoms with Crippen LogP contribution in [0.3, 0.4) is 0 Å². The minimum Gasteiger partial charge on any atom is -0.354 e. The van der Waals surface area contributed by atoms with E-state index >= 15 is 0 Å². The van der Waals surface area contributed by atoms with Gasteiger partial charge in [0.05, 0.1) is 16.6 Å². The van der Waals surface area contributed by atoms with Crippen LogP contribution in [-0.2, 0) is 9.59 Å². The Morgan fingerprint density at radius 2 is 1.81 bits per heavy atom. The number of carbonyl (C=O) groups is 2. The first-order valence-electron chi connectivity index (χ1n) is 9.00. The number of ketones is 1. The van der Waals surface area contributed by atoms with E-state index in [1.807, 2.05) is 0 Å². The first kappa shape index (κ1) is 23.5. The minimum absolute atomic E-state index is 0.0534. The van der Waals surface area contributed by atoms with E-state index in [9.17, 15) is 9.59 Å². The van der Waals surface area contributed by atoms with Crippen LogP contribution in [-0.4, -0.2) is 39.8 Å². The Kier molecular flexibility index (Phi) is 7.91. The van der Waals surface area contributed by atoms with Crippen molar-refractivity contribution in [1.82, 2.24) is 10.1 Å². The number of hydrogen-bond acceptors (Lipinski definition) is 6. The SMILES string of the molecule is NCC(=O)CCN(C(=O)C(Cl)Cl)c1ccnc(-c2cc(-c3c(Cl)cccc3Cl)no2)c1. The molecule has 3 rings (SSSR count). The van der Waals surface area contributed by atoms with Crippen LogP contribution in [0.15, 0.2) is 47.1 Å². The molecule has 1 aromatic carbocycles. The summed E-state index contributed by atoms with van der Waals surface area (Å²) >= 11 is 24.0. The molecular weight excluding hydrogens is 486 g/mol. The number of pyridine rings is 1. The van der Waals surface area contributed by atoms with Crippen molar-refractivity contribution < 1.29 is 14.1 Å². The van der Waals surface area contributed by atoms with E-state index in [-0.39, 0.29) is 25.3 Å². The molecule has 0 radical (unpaired) electrons. The summed E-state index contributed by atoms with van der Waals surface area (Å²) in [4.78, 5) is 28.4. The molecule has 162 valence electrons. The van der Waals surface area contributed by atoms with E-state index in [0.29, 0.717) is 38.4 Å². The topological polar surface area (TPSA) is 102 Å². The average molecular weight is 502 g/mol. The maximum absolute atomic E-state index is 12.5. The van der Waals surface area contributed by atoms with Crippen molar-refractivity contribution in [3.8, 4) is 22.7 Å². The Morgan fingerprint density at radius 3 is 2.45 bits per heavy atom. The number of rotatable bonds is 8. The Bertz CT molecular complexity index is 1080. The first-order chi connectivity index (χ1) is 14.8. The second-order valence-electron chi connectivity index (χ2n) is 6.36. The maximum Gasteiger partial charge on any atom is 0.260 e. The lowest BCUT2D eigenvalue weighted by Crippen LogP contribution is -2.37. The molecule has 2 heterocycles. The molecule has 0 aliphatic heterocycles. The smallest absolute Gasteiger partial charge is 0.260 e. The van der Waals surface area contributed by atoms with Gasteiger partial charge in [-0.3, -0.25) is 14.6 Å². The predicted molar refractivity (Wildman–Crippen MR) is 122 cm³/mol. The number of nitrogens with zero attached hydrogens (tertiary/aromatic N) is 3. The van der Waals surface area contributed by atoms with Gasteiger partial charge in [-0.05, 0) is 24.3 Å². The molecule has 1 amide bonds. The molecule has 0 spiro atoms. The van der Waals surface area contributed by atoms with Gasteiger partial charge < -0.3 is 15.2 Å². The highest BCUT2D eigenvalue weighted by molar-refractivity contribution is 6.54. The molecule has 2 N–H and O–H groups in total. The molecule has 7 nitrogen and oxygen atoms in total. The molecule has 0 saturated carbocycles. The Labute approximate surface area is 198 Å². The van der Waals surface area contributed by atoms with Crippen LogP contribution in [0.2, 0.25) is 10.0 Å². The van der Waals surface area contributed by atoms with Crippen LogP contribution in [0.1, 0.15) is 6.42 Å². The van der Waals surface area contributed by atoms with Crippen molar-refractivity contribution in [2.24, 2.45) is 5.73 Å². The third-order valence-electron chi connectivity index (χ3n) is 4.33. The monoisotopic (exact) mass is 500 g/mol. The van der Waals surface area contributed by atoms with Crippen LogP contribution < -0.4 is 10.6 Å². The predicted octanol–water partition coefficient (Wildman–Crippen LogP) is 4.77. The zero-order chi connectivity index (χ0) is 22.5. The lowest BCUT2D eigenvalue weighted by molar-refractivity contribution is -0.118. The van der Waals surface area contributed by atoms with E-state index in [1.165, 1.54) is 11.1 Å². The first-order valence-corrected chi connectivity index (χ1v) is 10.6. The summed E-state index contributed by atoms with van der Waals surface area (Å²) in [5.41, 5.74) is 7.13. The van der Waals surface area contributed by atoms with Gasteiger partial charge in [-0.15, -0.1) is 0 Å². The summed E-state index contributed by atoms with van der Waals surface area (Å²) in [6, 6.07) is 9.93. The number of benzene rings is 1. The highest BCUT2D eigenvalue weighted by atomic mass is 35.5. The van der Waals surface area contributed by atoms with Crippen molar-refractivity contribution in [1.29, 1.82) is 0 Å². The van der Waals surface area contributed by atoms with Crippen molar-refractivity contribution in [2.75, 3.05) is 18.0 Å². The molecule has 3 aromatic rings. The number of aromatic nitrogens is 2. The number of halogens is 4. The van der Waals surface area contributed by atoms with Gasteiger partial charge in [0.15, 0.2) is 10.6 Å². The number of anilines is 1. The molecule has 0 aliphatic rings. The Hall–Kier alpha value is -2.16. The summed E-state index contributed by atoms with van der Waals surface area (Å²) in [5.74, 6) is -0.456. The largest absolute Gasteiger partial charge is 0.354 e. The second kappa shape index (κ2) is 10.4. The molecule has 0 aliphatic carbocycles. The number of amides is 1. The average Bonchev–Trinajstić information content (AvgIpc) is 3.23. The van der Waals surface area contributed by atoms with E-state index in [1.54, 1.807) is 36.4 Å². The van der Waals surface area contributed by atoms with Crippen LogP contribution in [0.5, 0.6) is 0 Å². The van der Waals surface area contributed by atoms with Gasteiger partial charge in [0.25, 0.3) is 5.91 Å². The van der Waals surface area contributed by atoms with Crippen LogP contribution in [0.25, 0.3) is 22.7 Å². The summed E-state index contributed by atoms with van der Waals surface area (Å²) in [6.07, 6.45) is 1.54. The highest BCUT2D eigenvalue weighted by Crippen LogP contribution is 2.36. The van der Waals surface area contributed by atoms with Gasteiger partial charge in [-0.25, -0.2) is 0 Å². The quantitative estimate of drug-likeness (QED) is 0.446. The van der Waals surface area contributed by atoms with E-state index < -0.39 is 10.7 Å². The molecular formula is C20H16Cl4N4O3. The normalized spacial score (nSPS) is 11.0. The fourth-order valence-electron chi connectivity index (χ4n) is 2.80. The van der Waals surface area contributed by atoms with Crippen LogP contribution in [0.4, 0.5) is 5.69 Å². The fraction of sp³-hybridized carbons (Fsp3) is 0.200. The lowest BCUT2D eigenvalue weighted by Gasteiger charge is -2.23. The number of alkyl halides is 2. The molecule has 11 heteroatoms.